The Morgan fingerprint density at radius 3 is 2.74 bits per heavy atom. The second kappa shape index (κ2) is 8.52. The van der Waals surface area contributed by atoms with E-state index in [0.717, 1.165) is 5.56 Å². The maximum absolute atomic E-state index is 12.5. The molecule has 0 aliphatic carbocycles. The van der Waals surface area contributed by atoms with Crippen molar-refractivity contribution in [2.75, 3.05) is 11.9 Å². The number of furan rings is 1. The highest BCUT2D eigenvalue weighted by Crippen LogP contribution is 2.18. The summed E-state index contributed by atoms with van der Waals surface area (Å²) in [6.45, 7) is 2.34. The molecule has 1 unspecified atom stereocenters. The van der Waals surface area contributed by atoms with Crippen LogP contribution in [-0.4, -0.2) is 36.9 Å². The number of rotatable bonds is 8. The van der Waals surface area contributed by atoms with Crippen LogP contribution in [0.15, 0.2) is 56.7 Å². The molecule has 10 heteroatoms. The summed E-state index contributed by atoms with van der Waals surface area (Å²) in [5, 5.41) is 13.7. The van der Waals surface area contributed by atoms with Crippen molar-refractivity contribution in [3.63, 3.8) is 0 Å². The van der Waals surface area contributed by atoms with Crippen molar-refractivity contribution in [2.24, 2.45) is 7.05 Å². The maximum Gasteiger partial charge on any atom is 0.329 e. The van der Waals surface area contributed by atoms with Crippen LogP contribution in [0.4, 0.5) is 5.95 Å². The number of aryl methyl sites for hydroxylation is 2. The predicted molar refractivity (Wildman–Crippen MR) is 114 cm³/mol. The van der Waals surface area contributed by atoms with E-state index in [1.165, 1.54) is 11.6 Å². The SMILES string of the molecule is Cc1ccc(OCC(O)Cn2c(NCc3ccco3)nc3c2c(=O)[nH]c(=O)n3C)cc1. The topological polar surface area (TPSA) is 127 Å². The quantitative estimate of drug-likeness (QED) is 0.389. The summed E-state index contributed by atoms with van der Waals surface area (Å²) in [5.41, 5.74) is 0.349. The van der Waals surface area contributed by atoms with Gasteiger partial charge in [0.25, 0.3) is 5.56 Å². The zero-order valence-electron chi connectivity index (χ0n) is 17.2. The number of imidazole rings is 1. The fraction of sp³-hybridized carbons (Fsp3) is 0.286. The number of H-pyrrole nitrogens is 1. The van der Waals surface area contributed by atoms with Gasteiger partial charge in [-0.15, -0.1) is 0 Å². The summed E-state index contributed by atoms with van der Waals surface area (Å²) in [4.78, 5) is 31.2. The number of nitrogens with zero attached hydrogens (tertiary/aromatic N) is 3. The first kappa shape index (κ1) is 20.5. The summed E-state index contributed by atoms with van der Waals surface area (Å²) in [6.07, 6.45) is 0.625. The van der Waals surface area contributed by atoms with Crippen molar-refractivity contribution < 1.29 is 14.3 Å². The van der Waals surface area contributed by atoms with E-state index in [1.54, 1.807) is 23.0 Å². The van der Waals surface area contributed by atoms with Crippen LogP contribution in [0.3, 0.4) is 0 Å². The second-order valence-electron chi connectivity index (χ2n) is 7.25. The number of hydrogen-bond acceptors (Lipinski definition) is 7. The third-order valence-electron chi connectivity index (χ3n) is 4.86. The normalized spacial score (nSPS) is 12.2. The van der Waals surface area contributed by atoms with Crippen LogP contribution in [-0.2, 0) is 20.1 Å². The molecule has 0 spiro atoms. The van der Waals surface area contributed by atoms with Crippen LogP contribution in [0.25, 0.3) is 11.2 Å². The van der Waals surface area contributed by atoms with Crippen molar-refractivity contribution >= 4 is 17.1 Å². The Morgan fingerprint density at radius 1 is 1.26 bits per heavy atom. The van der Waals surface area contributed by atoms with E-state index in [0.29, 0.717) is 24.0 Å². The fourth-order valence-corrected chi connectivity index (χ4v) is 3.22. The molecular formula is C21H23N5O5. The van der Waals surface area contributed by atoms with Gasteiger partial charge < -0.3 is 24.1 Å². The zero-order chi connectivity index (χ0) is 22.0. The molecule has 4 aromatic rings. The lowest BCUT2D eigenvalue weighted by Gasteiger charge is -2.15. The Labute approximate surface area is 176 Å². The van der Waals surface area contributed by atoms with Crippen LogP contribution >= 0.6 is 0 Å². The summed E-state index contributed by atoms with van der Waals surface area (Å²) in [7, 11) is 1.52. The molecule has 0 radical (unpaired) electrons. The van der Waals surface area contributed by atoms with Crippen LogP contribution < -0.4 is 21.3 Å². The van der Waals surface area contributed by atoms with Crippen molar-refractivity contribution in [2.45, 2.75) is 26.1 Å². The molecule has 31 heavy (non-hydrogen) atoms. The van der Waals surface area contributed by atoms with Gasteiger partial charge in [0.2, 0.25) is 5.95 Å². The van der Waals surface area contributed by atoms with Crippen molar-refractivity contribution in [3.8, 4) is 5.75 Å². The van der Waals surface area contributed by atoms with Crippen LogP contribution in [0.5, 0.6) is 5.75 Å². The first-order valence-corrected chi connectivity index (χ1v) is 9.75. The number of aliphatic hydroxyl groups excluding tert-OH is 1. The summed E-state index contributed by atoms with van der Waals surface area (Å²) >= 11 is 0. The van der Waals surface area contributed by atoms with Gasteiger partial charge in [0, 0.05) is 7.05 Å². The number of aromatic nitrogens is 4. The Hall–Kier alpha value is -3.79. The van der Waals surface area contributed by atoms with Crippen molar-refractivity contribution in [1.82, 2.24) is 19.1 Å². The van der Waals surface area contributed by atoms with Crippen molar-refractivity contribution in [3.05, 3.63) is 74.8 Å². The Bertz CT molecular complexity index is 1280. The third kappa shape index (κ3) is 4.38. The van der Waals surface area contributed by atoms with Gasteiger partial charge in [0.05, 0.1) is 19.4 Å². The monoisotopic (exact) mass is 425 g/mol. The Morgan fingerprint density at radius 2 is 2.03 bits per heavy atom. The van der Waals surface area contributed by atoms with Gasteiger partial charge in [-0.2, -0.15) is 4.98 Å². The Balaban J connectivity index is 1.61. The lowest BCUT2D eigenvalue weighted by molar-refractivity contribution is 0.0938. The molecular weight excluding hydrogens is 402 g/mol. The van der Waals surface area contributed by atoms with Gasteiger partial charge >= 0.3 is 5.69 Å². The lowest BCUT2D eigenvalue weighted by atomic mass is 10.2. The van der Waals surface area contributed by atoms with Crippen molar-refractivity contribution in [1.29, 1.82) is 0 Å². The van der Waals surface area contributed by atoms with Crippen LogP contribution in [0.1, 0.15) is 11.3 Å². The number of benzene rings is 1. The number of aromatic amines is 1. The highest BCUT2D eigenvalue weighted by atomic mass is 16.5. The molecule has 4 rings (SSSR count). The number of ether oxygens (including phenoxy) is 1. The van der Waals surface area contributed by atoms with Gasteiger partial charge in [0.1, 0.15) is 24.2 Å². The minimum atomic E-state index is -0.931. The molecule has 3 N–H and O–H groups in total. The first-order chi connectivity index (χ1) is 14.9. The van der Waals surface area contributed by atoms with Gasteiger partial charge in [-0.25, -0.2) is 4.79 Å². The number of aliphatic hydroxyl groups is 1. The number of nitrogens with one attached hydrogen (secondary N) is 2. The van der Waals surface area contributed by atoms with E-state index in [1.807, 2.05) is 31.2 Å². The largest absolute Gasteiger partial charge is 0.491 e. The zero-order valence-corrected chi connectivity index (χ0v) is 17.2. The molecule has 0 fully saturated rings. The summed E-state index contributed by atoms with van der Waals surface area (Å²) in [5.74, 6) is 1.63. The molecule has 1 aromatic carbocycles. The van der Waals surface area contributed by atoms with Gasteiger partial charge in [-0.05, 0) is 31.2 Å². The molecule has 0 bridgehead atoms. The van der Waals surface area contributed by atoms with E-state index in [9.17, 15) is 14.7 Å². The smallest absolute Gasteiger partial charge is 0.329 e. The second-order valence-corrected chi connectivity index (χ2v) is 7.25. The molecule has 0 amide bonds. The average molecular weight is 425 g/mol. The molecule has 0 saturated heterocycles. The highest BCUT2D eigenvalue weighted by Gasteiger charge is 2.20. The number of fused-ring (bicyclic) bond motifs is 1. The average Bonchev–Trinajstić information content (AvgIpc) is 3.38. The minimum Gasteiger partial charge on any atom is -0.491 e. The number of anilines is 1. The molecule has 0 aliphatic rings. The molecule has 10 nitrogen and oxygen atoms in total. The molecule has 3 heterocycles. The predicted octanol–water partition coefficient (Wildman–Crippen LogP) is 1.38. The standard InChI is InChI=1S/C21H23N5O5/c1-13-5-7-15(8-6-13)31-12-14(27)11-26-17-18(25(2)21(29)24-19(17)28)23-20(26)22-10-16-4-3-9-30-16/h3-9,14,27H,10-12H2,1-2H3,(H,22,23)(H,24,28,29). The summed E-state index contributed by atoms with van der Waals surface area (Å²) in [6, 6.07) is 11.0. The maximum atomic E-state index is 12.5. The van der Waals surface area contributed by atoms with E-state index in [-0.39, 0.29) is 24.3 Å². The number of hydrogen-bond donors (Lipinski definition) is 3. The van der Waals surface area contributed by atoms with E-state index in [2.05, 4.69) is 15.3 Å². The van der Waals surface area contributed by atoms with Crippen LogP contribution in [0, 0.1) is 6.92 Å². The molecule has 3 aromatic heterocycles. The lowest BCUT2D eigenvalue weighted by Crippen LogP contribution is -2.30. The van der Waals surface area contributed by atoms with Gasteiger partial charge in [-0.3, -0.25) is 14.3 Å². The van der Waals surface area contributed by atoms with Gasteiger partial charge in [-0.1, -0.05) is 17.7 Å². The molecule has 1 atom stereocenters. The van der Waals surface area contributed by atoms with E-state index in [4.69, 9.17) is 9.15 Å². The molecule has 162 valence electrons. The fourth-order valence-electron chi connectivity index (χ4n) is 3.22. The van der Waals surface area contributed by atoms with E-state index >= 15 is 0 Å². The van der Waals surface area contributed by atoms with E-state index < -0.39 is 17.4 Å². The first-order valence-electron chi connectivity index (χ1n) is 9.75. The molecule has 0 saturated carbocycles. The Kier molecular flexibility index (Phi) is 5.63. The van der Waals surface area contributed by atoms with Crippen LogP contribution in [0.2, 0.25) is 0 Å². The highest BCUT2D eigenvalue weighted by molar-refractivity contribution is 5.74. The summed E-state index contributed by atoms with van der Waals surface area (Å²) < 4.78 is 13.8. The molecule has 0 aliphatic heterocycles. The third-order valence-corrected chi connectivity index (χ3v) is 4.86. The minimum absolute atomic E-state index is 0.0179. The van der Waals surface area contributed by atoms with Gasteiger partial charge in [0.15, 0.2) is 11.2 Å².